The van der Waals surface area contributed by atoms with Gasteiger partial charge in [-0.2, -0.15) is 0 Å². The minimum Gasteiger partial charge on any atom is -0.356 e. The van der Waals surface area contributed by atoms with E-state index in [1.165, 1.54) is 0 Å². The van der Waals surface area contributed by atoms with Gasteiger partial charge < -0.3 is 15.3 Å². The summed E-state index contributed by atoms with van der Waals surface area (Å²) < 4.78 is 0. The zero-order valence-electron chi connectivity index (χ0n) is 3.12. The molecule has 0 aromatic carbocycles. The van der Waals surface area contributed by atoms with Crippen molar-refractivity contribution < 1.29 is 57.0 Å². The van der Waals surface area contributed by atoms with Crippen molar-refractivity contribution in [3.63, 3.8) is 0 Å². The molecular formula is NNaNbO3. The van der Waals surface area contributed by atoms with Crippen molar-refractivity contribution in [1.29, 1.82) is 0 Å². The first-order valence-electron chi connectivity index (χ1n) is 0.548. The monoisotopic (exact) mass is 178 g/mol. The van der Waals surface area contributed by atoms with Gasteiger partial charge in [-0.25, -0.2) is 0 Å². The molecule has 0 spiro atoms. The Hall–Kier alpha value is 0.940. The molecule has 0 rings (SSSR count). The molecule has 0 aliphatic heterocycles. The molecular weight excluding hydrogens is 178 g/mol. The van der Waals surface area contributed by atoms with Crippen LogP contribution in [0.4, 0.5) is 0 Å². The smallest absolute Gasteiger partial charge is 0.356 e. The Labute approximate surface area is 71.8 Å². The van der Waals surface area contributed by atoms with E-state index in [1.54, 1.807) is 0 Å². The van der Waals surface area contributed by atoms with Crippen LogP contribution in [0, 0.1) is 15.3 Å². The number of nitrogens with zero attached hydrogens (tertiary/aromatic N) is 1. The van der Waals surface area contributed by atoms with E-state index in [-0.39, 0.29) is 51.9 Å². The van der Waals surface area contributed by atoms with Gasteiger partial charge in [0, 0.05) is 22.4 Å². The fraction of sp³-hybridized carbons (Fsp3) is 0. The maximum Gasteiger partial charge on any atom is 1.00 e. The van der Waals surface area contributed by atoms with Crippen molar-refractivity contribution in [2.45, 2.75) is 0 Å². The van der Waals surface area contributed by atoms with E-state index in [2.05, 4.69) is 0 Å². The van der Waals surface area contributed by atoms with Crippen molar-refractivity contribution in [3.8, 4) is 0 Å². The Bertz CT molecular complexity index is 33.8. The van der Waals surface area contributed by atoms with Gasteiger partial charge in [-0.1, -0.05) is 0 Å². The summed E-state index contributed by atoms with van der Waals surface area (Å²) in [6.07, 6.45) is 0. The molecule has 0 aromatic heterocycles. The summed E-state index contributed by atoms with van der Waals surface area (Å²) in [6, 6.07) is 0. The van der Waals surface area contributed by atoms with Crippen LogP contribution in [0.1, 0.15) is 0 Å². The summed E-state index contributed by atoms with van der Waals surface area (Å²) in [5.74, 6) is 0. The fourth-order valence-electron chi connectivity index (χ4n) is 0. The van der Waals surface area contributed by atoms with E-state index >= 15 is 0 Å². The second-order valence-electron chi connectivity index (χ2n) is 0.224. The van der Waals surface area contributed by atoms with Crippen LogP contribution >= 0.6 is 0 Å². The predicted molar refractivity (Wildman–Crippen MR) is 10.4 cm³/mol. The predicted octanol–water partition coefficient (Wildman–Crippen LogP) is -3.24. The van der Waals surface area contributed by atoms with Crippen molar-refractivity contribution in [3.05, 3.63) is 15.3 Å². The maximum atomic E-state index is 8.25. The summed E-state index contributed by atoms with van der Waals surface area (Å²) in [4.78, 5) is 8.25. The molecule has 0 bridgehead atoms. The van der Waals surface area contributed by atoms with Gasteiger partial charge >= 0.3 is 29.6 Å². The van der Waals surface area contributed by atoms with Crippen LogP contribution in [0.2, 0.25) is 0 Å². The van der Waals surface area contributed by atoms with Crippen LogP contribution in [0.3, 0.4) is 0 Å². The molecule has 4 nitrogen and oxygen atoms in total. The van der Waals surface area contributed by atoms with Gasteiger partial charge in [0.05, 0.1) is 5.09 Å². The Morgan fingerprint density at radius 3 is 1.33 bits per heavy atom. The van der Waals surface area contributed by atoms with Crippen molar-refractivity contribution >= 4 is 0 Å². The van der Waals surface area contributed by atoms with Gasteiger partial charge in [0.1, 0.15) is 0 Å². The zero-order valence-corrected chi connectivity index (χ0v) is 7.32. The van der Waals surface area contributed by atoms with Crippen LogP contribution in [0.5, 0.6) is 0 Å². The standard InChI is InChI=1S/NO3.Na.Nb/c2-1(3)4;;/q-1;+1;. The third-order valence-corrected chi connectivity index (χ3v) is 0. The molecule has 0 aromatic rings. The first-order chi connectivity index (χ1) is 1.73. The Kier molecular flexibility index (Phi) is 24.5. The van der Waals surface area contributed by atoms with Crippen molar-refractivity contribution in [2.75, 3.05) is 0 Å². The minimum atomic E-state index is -1.75. The first-order valence-corrected chi connectivity index (χ1v) is 0.548. The van der Waals surface area contributed by atoms with Crippen molar-refractivity contribution in [2.24, 2.45) is 0 Å². The summed E-state index contributed by atoms with van der Waals surface area (Å²) in [6.45, 7) is 0. The van der Waals surface area contributed by atoms with Crippen LogP contribution in [0.15, 0.2) is 0 Å². The summed E-state index contributed by atoms with van der Waals surface area (Å²) >= 11 is 0. The SMILES string of the molecule is O=[N+]([O-])[O-].[Na+].[Nb]. The molecule has 0 saturated carbocycles. The van der Waals surface area contributed by atoms with Gasteiger partial charge in [-0.05, 0) is 0 Å². The molecule has 0 fully saturated rings. The largest absolute Gasteiger partial charge is 1.00 e. The van der Waals surface area contributed by atoms with Crippen LogP contribution < -0.4 is 29.6 Å². The van der Waals surface area contributed by atoms with Crippen LogP contribution in [-0.4, -0.2) is 5.09 Å². The summed E-state index contributed by atoms with van der Waals surface area (Å²) in [7, 11) is 0. The molecule has 29 valence electrons. The number of hydrogen-bond acceptors (Lipinski definition) is 3. The molecule has 1 radical (unpaired) electrons. The second kappa shape index (κ2) is 9.34. The quantitative estimate of drug-likeness (QED) is 0.222. The number of rotatable bonds is 0. The van der Waals surface area contributed by atoms with Crippen molar-refractivity contribution in [1.82, 2.24) is 0 Å². The van der Waals surface area contributed by atoms with Crippen LogP contribution in [0.25, 0.3) is 0 Å². The van der Waals surface area contributed by atoms with E-state index < -0.39 is 5.09 Å². The molecule has 0 aliphatic rings. The van der Waals surface area contributed by atoms with E-state index in [4.69, 9.17) is 15.3 Å². The molecule has 0 N–H and O–H groups in total. The molecule has 0 unspecified atom stereocenters. The second-order valence-corrected chi connectivity index (χ2v) is 0.224. The van der Waals surface area contributed by atoms with Gasteiger partial charge in [0.25, 0.3) is 0 Å². The van der Waals surface area contributed by atoms with Gasteiger partial charge in [0.2, 0.25) is 0 Å². The zero-order chi connectivity index (χ0) is 3.58. The average Bonchev–Trinajstić information content (AvgIpc) is 0.811. The van der Waals surface area contributed by atoms with Gasteiger partial charge in [-0.15, -0.1) is 0 Å². The normalized spacial score (nSPS) is 4.00. The van der Waals surface area contributed by atoms with Crippen LogP contribution in [-0.2, 0) is 22.4 Å². The van der Waals surface area contributed by atoms with E-state index in [0.717, 1.165) is 0 Å². The third kappa shape index (κ3) is 86.8. The van der Waals surface area contributed by atoms with Gasteiger partial charge in [0.15, 0.2) is 0 Å². The molecule has 0 heterocycles. The summed E-state index contributed by atoms with van der Waals surface area (Å²) in [5.41, 5.74) is 0. The number of hydrogen-bond donors (Lipinski definition) is 0. The molecule has 0 saturated heterocycles. The molecule has 0 aliphatic carbocycles. The van der Waals surface area contributed by atoms with E-state index in [0.29, 0.717) is 0 Å². The van der Waals surface area contributed by atoms with E-state index in [1.807, 2.05) is 0 Å². The molecule has 0 amide bonds. The Balaban J connectivity index is -0.0000000450. The molecule has 6 heteroatoms. The third-order valence-electron chi connectivity index (χ3n) is 0. The maximum absolute atomic E-state index is 8.25. The molecule has 6 heavy (non-hydrogen) atoms. The Morgan fingerprint density at radius 1 is 1.33 bits per heavy atom. The molecule has 0 atom stereocenters. The van der Waals surface area contributed by atoms with E-state index in [9.17, 15) is 0 Å². The Morgan fingerprint density at radius 2 is 1.33 bits per heavy atom. The minimum absolute atomic E-state index is 0. The fourth-order valence-corrected chi connectivity index (χ4v) is 0. The first kappa shape index (κ1) is 15.8. The topological polar surface area (TPSA) is 66.2 Å². The average molecular weight is 178 g/mol. The summed E-state index contributed by atoms with van der Waals surface area (Å²) in [5, 5.41) is 14.8. The van der Waals surface area contributed by atoms with Gasteiger partial charge in [-0.3, -0.25) is 0 Å².